The molecule has 0 saturated carbocycles. The van der Waals surface area contributed by atoms with E-state index in [-0.39, 0.29) is 0 Å². The van der Waals surface area contributed by atoms with E-state index >= 15 is 0 Å². The average molecular weight is 211 g/mol. The molecule has 0 unspecified atom stereocenters. The lowest BCUT2D eigenvalue weighted by Gasteiger charge is -2.08. The molecule has 0 saturated heterocycles. The lowest BCUT2D eigenvalue weighted by Crippen LogP contribution is -2.08. The molecule has 15 heavy (non-hydrogen) atoms. The Kier molecular flexibility index (Phi) is 3.97. The minimum atomic E-state index is -0.830. The summed E-state index contributed by atoms with van der Waals surface area (Å²) in [6.45, 7) is 4.45. The maximum Gasteiger partial charge on any atom is 0.159 e. The van der Waals surface area contributed by atoms with E-state index in [1.54, 1.807) is 6.08 Å². The smallest absolute Gasteiger partial charge is 0.159 e. The van der Waals surface area contributed by atoms with Gasteiger partial charge in [-0.3, -0.25) is 0 Å². The molecule has 2 N–H and O–H groups in total. The molecule has 0 aliphatic rings. The van der Waals surface area contributed by atoms with Crippen molar-refractivity contribution in [3.05, 3.63) is 41.0 Å². The first-order chi connectivity index (χ1) is 7.04. The highest BCUT2D eigenvalue weighted by molar-refractivity contribution is 5.53. The van der Waals surface area contributed by atoms with Crippen molar-refractivity contribution < 1.29 is 8.78 Å². The van der Waals surface area contributed by atoms with Crippen LogP contribution in [0.25, 0.3) is 6.08 Å². The first-order valence-electron chi connectivity index (χ1n) is 4.90. The molecule has 0 amide bonds. The van der Waals surface area contributed by atoms with Gasteiger partial charge in [0.2, 0.25) is 0 Å². The molecule has 0 aliphatic heterocycles. The van der Waals surface area contributed by atoms with Gasteiger partial charge in [0, 0.05) is 6.54 Å². The predicted octanol–water partition coefficient (Wildman–Crippen LogP) is 2.96. The van der Waals surface area contributed by atoms with Gasteiger partial charge in [-0.25, -0.2) is 8.78 Å². The zero-order valence-corrected chi connectivity index (χ0v) is 8.93. The maximum atomic E-state index is 12.9. The molecule has 0 aromatic heterocycles. The number of hydrogen-bond donors (Lipinski definition) is 1. The summed E-state index contributed by atoms with van der Waals surface area (Å²) in [7, 11) is 0. The predicted molar refractivity (Wildman–Crippen MR) is 58.2 cm³/mol. The van der Waals surface area contributed by atoms with E-state index in [1.165, 1.54) is 12.1 Å². The van der Waals surface area contributed by atoms with Gasteiger partial charge in [-0.05, 0) is 23.6 Å². The Labute approximate surface area is 88.6 Å². The molecule has 1 rings (SSSR count). The van der Waals surface area contributed by atoms with E-state index < -0.39 is 11.6 Å². The summed E-state index contributed by atoms with van der Waals surface area (Å²) in [5.41, 5.74) is 7.21. The number of nitrogens with two attached hydrogens (primary N) is 1. The third-order valence-corrected chi connectivity index (χ3v) is 2.27. The zero-order chi connectivity index (χ0) is 11.4. The second-order valence-electron chi connectivity index (χ2n) is 3.75. The molecule has 0 fully saturated rings. The van der Waals surface area contributed by atoms with Gasteiger partial charge in [-0.1, -0.05) is 31.6 Å². The van der Waals surface area contributed by atoms with Crippen molar-refractivity contribution in [1.29, 1.82) is 0 Å². The molecule has 0 atom stereocenters. The largest absolute Gasteiger partial charge is 0.327 e. The summed E-state index contributed by atoms with van der Waals surface area (Å²) >= 11 is 0. The molecule has 1 nitrogen and oxygen atoms in total. The van der Waals surface area contributed by atoms with Gasteiger partial charge < -0.3 is 5.73 Å². The van der Waals surface area contributed by atoms with Crippen LogP contribution in [-0.2, 0) is 0 Å². The molecule has 0 bridgehead atoms. The van der Waals surface area contributed by atoms with Crippen LogP contribution in [0.2, 0.25) is 0 Å². The Morgan fingerprint density at radius 1 is 1.33 bits per heavy atom. The Morgan fingerprint density at radius 2 is 2.00 bits per heavy atom. The minimum absolute atomic E-state index is 0.308. The van der Waals surface area contributed by atoms with E-state index in [2.05, 4.69) is 0 Å². The van der Waals surface area contributed by atoms with Crippen LogP contribution in [0.1, 0.15) is 19.4 Å². The van der Waals surface area contributed by atoms with Crippen molar-refractivity contribution in [2.75, 3.05) is 6.54 Å². The van der Waals surface area contributed by atoms with Crippen molar-refractivity contribution in [2.45, 2.75) is 13.8 Å². The van der Waals surface area contributed by atoms with Crippen molar-refractivity contribution in [2.24, 2.45) is 11.7 Å². The minimum Gasteiger partial charge on any atom is -0.327 e. The highest BCUT2D eigenvalue weighted by Crippen LogP contribution is 2.15. The number of hydrogen-bond acceptors (Lipinski definition) is 1. The van der Waals surface area contributed by atoms with Crippen LogP contribution in [-0.4, -0.2) is 6.54 Å². The van der Waals surface area contributed by atoms with E-state index in [1.807, 2.05) is 13.8 Å². The van der Waals surface area contributed by atoms with Crippen LogP contribution in [0.4, 0.5) is 8.78 Å². The van der Waals surface area contributed by atoms with Gasteiger partial charge in [-0.15, -0.1) is 0 Å². The molecular weight excluding hydrogens is 196 g/mol. The molecule has 82 valence electrons. The fourth-order valence-corrected chi connectivity index (χ4v) is 1.28. The Balaban J connectivity index is 3.01. The normalized spacial score (nSPS) is 12.3. The second-order valence-corrected chi connectivity index (χ2v) is 3.75. The summed E-state index contributed by atoms with van der Waals surface area (Å²) in [6.07, 6.45) is 1.80. The molecule has 1 aromatic carbocycles. The summed E-state index contributed by atoms with van der Waals surface area (Å²) < 4.78 is 25.6. The number of halogens is 2. The quantitative estimate of drug-likeness (QED) is 0.817. The van der Waals surface area contributed by atoms with Crippen molar-refractivity contribution in [3.8, 4) is 0 Å². The van der Waals surface area contributed by atoms with Gasteiger partial charge in [0.05, 0.1) is 0 Å². The Bertz CT molecular complexity index is 370. The zero-order valence-electron chi connectivity index (χ0n) is 8.93. The topological polar surface area (TPSA) is 26.0 Å². The van der Waals surface area contributed by atoms with Crippen LogP contribution < -0.4 is 5.73 Å². The number of benzene rings is 1. The first-order valence-corrected chi connectivity index (χ1v) is 4.90. The highest BCUT2D eigenvalue weighted by Gasteiger charge is 2.04. The van der Waals surface area contributed by atoms with Gasteiger partial charge in [0.15, 0.2) is 11.6 Å². The summed E-state index contributed by atoms with van der Waals surface area (Å²) in [5, 5.41) is 0. The molecule has 3 heteroatoms. The molecule has 0 radical (unpaired) electrons. The Morgan fingerprint density at radius 3 is 2.47 bits per heavy atom. The van der Waals surface area contributed by atoms with E-state index in [0.717, 1.165) is 11.6 Å². The summed E-state index contributed by atoms with van der Waals surface area (Å²) in [5.74, 6) is -1.35. The van der Waals surface area contributed by atoms with Crippen LogP contribution in [0.3, 0.4) is 0 Å². The highest BCUT2D eigenvalue weighted by atomic mass is 19.2. The molecule has 0 spiro atoms. The van der Waals surface area contributed by atoms with E-state index in [4.69, 9.17) is 5.73 Å². The SMILES string of the molecule is CC(C)C(=Cc1ccc(F)c(F)c1)CN. The van der Waals surface area contributed by atoms with Gasteiger partial charge >= 0.3 is 0 Å². The third kappa shape index (κ3) is 3.13. The fourth-order valence-electron chi connectivity index (χ4n) is 1.28. The van der Waals surface area contributed by atoms with Crippen molar-refractivity contribution in [3.63, 3.8) is 0 Å². The molecule has 0 heterocycles. The fraction of sp³-hybridized carbons (Fsp3) is 0.333. The van der Waals surface area contributed by atoms with Crippen LogP contribution in [0.15, 0.2) is 23.8 Å². The van der Waals surface area contributed by atoms with E-state index in [0.29, 0.717) is 18.0 Å². The average Bonchev–Trinajstić information content (AvgIpc) is 2.19. The second kappa shape index (κ2) is 5.03. The van der Waals surface area contributed by atoms with Crippen molar-refractivity contribution >= 4 is 6.08 Å². The van der Waals surface area contributed by atoms with Gasteiger partial charge in [0.25, 0.3) is 0 Å². The lowest BCUT2D eigenvalue weighted by atomic mass is 10.0. The van der Waals surface area contributed by atoms with Gasteiger partial charge in [0.1, 0.15) is 0 Å². The van der Waals surface area contributed by atoms with E-state index in [9.17, 15) is 8.78 Å². The van der Waals surface area contributed by atoms with Crippen LogP contribution >= 0.6 is 0 Å². The summed E-state index contributed by atoms with van der Waals surface area (Å²) in [4.78, 5) is 0. The molecular formula is C12H15F2N. The Hall–Kier alpha value is -1.22. The molecule has 1 aromatic rings. The van der Waals surface area contributed by atoms with Gasteiger partial charge in [-0.2, -0.15) is 0 Å². The maximum absolute atomic E-state index is 12.9. The standard InChI is InChI=1S/C12H15F2N/c1-8(2)10(7-15)5-9-3-4-11(13)12(14)6-9/h3-6,8H,7,15H2,1-2H3. The monoisotopic (exact) mass is 211 g/mol. The first kappa shape index (κ1) is 11.9. The van der Waals surface area contributed by atoms with Crippen molar-refractivity contribution in [1.82, 2.24) is 0 Å². The number of rotatable bonds is 3. The third-order valence-electron chi connectivity index (χ3n) is 2.27. The van der Waals surface area contributed by atoms with Crippen LogP contribution in [0.5, 0.6) is 0 Å². The lowest BCUT2D eigenvalue weighted by molar-refractivity contribution is 0.508. The van der Waals surface area contributed by atoms with Crippen LogP contribution in [0, 0.1) is 17.6 Å². The molecule has 0 aliphatic carbocycles. The summed E-state index contributed by atoms with van der Waals surface area (Å²) in [6, 6.07) is 3.83.